The van der Waals surface area contributed by atoms with Gasteiger partial charge in [0.05, 0.1) is 12.3 Å². The van der Waals surface area contributed by atoms with E-state index >= 15 is 0 Å². The fraction of sp³-hybridized carbons (Fsp3) is 0.462. The number of benzene rings is 1. The van der Waals surface area contributed by atoms with Crippen LogP contribution < -0.4 is 4.74 Å². The second-order valence-electron chi connectivity index (χ2n) is 3.74. The van der Waals surface area contributed by atoms with Crippen molar-refractivity contribution < 1.29 is 9.94 Å². The smallest absolute Gasteiger partial charge is 0.128 e. The summed E-state index contributed by atoms with van der Waals surface area (Å²) in [5.41, 5.74) is 1.42. The Bertz CT molecular complexity index is 348. The number of nitrogens with zero attached hydrogens (tertiary/aromatic N) is 1. The van der Waals surface area contributed by atoms with Crippen molar-refractivity contribution >= 4 is 5.71 Å². The highest BCUT2D eigenvalue weighted by molar-refractivity contribution is 6.00. The first-order chi connectivity index (χ1) is 7.79. The van der Waals surface area contributed by atoms with Gasteiger partial charge >= 0.3 is 0 Å². The summed E-state index contributed by atoms with van der Waals surface area (Å²) >= 11 is 0. The number of ether oxygens (including phenoxy) is 1. The highest BCUT2D eigenvalue weighted by Gasteiger charge is 2.05. The van der Waals surface area contributed by atoms with Crippen molar-refractivity contribution in [1.82, 2.24) is 0 Å². The van der Waals surface area contributed by atoms with Crippen LogP contribution in [0, 0.1) is 0 Å². The summed E-state index contributed by atoms with van der Waals surface area (Å²) in [6.07, 6.45) is 3.41. The molecule has 0 unspecified atom stereocenters. The molecule has 0 saturated heterocycles. The zero-order valence-electron chi connectivity index (χ0n) is 9.94. The Hall–Kier alpha value is -1.51. The van der Waals surface area contributed by atoms with Crippen LogP contribution >= 0.6 is 0 Å². The van der Waals surface area contributed by atoms with Crippen LogP contribution in [-0.4, -0.2) is 17.5 Å². The summed E-state index contributed by atoms with van der Waals surface area (Å²) in [6, 6.07) is 7.62. The summed E-state index contributed by atoms with van der Waals surface area (Å²) in [7, 11) is 0. The lowest BCUT2D eigenvalue weighted by molar-refractivity contribution is 0.303. The number of para-hydroxylation sites is 1. The number of hydrogen-bond donors (Lipinski definition) is 1. The number of oxime groups is 1. The van der Waals surface area contributed by atoms with Crippen molar-refractivity contribution in [2.24, 2.45) is 5.16 Å². The Kier molecular flexibility index (Phi) is 5.40. The molecule has 0 amide bonds. The molecule has 1 N–H and O–H groups in total. The molecule has 0 saturated carbocycles. The average molecular weight is 221 g/mol. The van der Waals surface area contributed by atoms with Gasteiger partial charge in [0.1, 0.15) is 5.75 Å². The van der Waals surface area contributed by atoms with Crippen LogP contribution in [0.15, 0.2) is 29.4 Å². The van der Waals surface area contributed by atoms with E-state index in [0.717, 1.165) is 17.7 Å². The molecule has 1 aromatic carbocycles. The van der Waals surface area contributed by atoms with E-state index in [4.69, 9.17) is 9.94 Å². The van der Waals surface area contributed by atoms with Gasteiger partial charge in [0, 0.05) is 5.56 Å². The molecule has 0 atom stereocenters. The Labute approximate surface area is 96.7 Å². The van der Waals surface area contributed by atoms with Crippen LogP contribution in [0.25, 0.3) is 0 Å². The van der Waals surface area contributed by atoms with Gasteiger partial charge in [-0.25, -0.2) is 0 Å². The maximum atomic E-state index is 8.75. The Morgan fingerprint density at radius 3 is 2.75 bits per heavy atom. The van der Waals surface area contributed by atoms with E-state index < -0.39 is 0 Å². The lowest BCUT2D eigenvalue weighted by Gasteiger charge is -2.10. The third-order valence-electron chi connectivity index (χ3n) is 2.43. The minimum Gasteiger partial charge on any atom is -0.493 e. The van der Waals surface area contributed by atoms with Crippen molar-refractivity contribution in [2.75, 3.05) is 6.61 Å². The first kappa shape index (κ1) is 12.6. The maximum absolute atomic E-state index is 8.75. The highest BCUT2D eigenvalue weighted by atomic mass is 16.5. The third kappa shape index (κ3) is 3.57. The van der Waals surface area contributed by atoms with E-state index in [1.54, 1.807) is 6.92 Å². The molecule has 16 heavy (non-hydrogen) atoms. The predicted molar refractivity (Wildman–Crippen MR) is 65.5 cm³/mol. The summed E-state index contributed by atoms with van der Waals surface area (Å²) in [5, 5.41) is 12.0. The largest absolute Gasteiger partial charge is 0.493 e. The molecule has 0 aliphatic carbocycles. The van der Waals surface area contributed by atoms with Gasteiger partial charge in [-0.2, -0.15) is 0 Å². The van der Waals surface area contributed by atoms with Gasteiger partial charge in [0.2, 0.25) is 0 Å². The summed E-state index contributed by atoms with van der Waals surface area (Å²) in [6.45, 7) is 4.63. The molecule has 0 aliphatic rings. The molecular formula is C13H19NO2. The maximum Gasteiger partial charge on any atom is 0.128 e. The van der Waals surface area contributed by atoms with Crippen molar-refractivity contribution in [3.8, 4) is 5.75 Å². The van der Waals surface area contributed by atoms with E-state index in [9.17, 15) is 0 Å². The van der Waals surface area contributed by atoms with Crippen molar-refractivity contribution in [3.63, 3.8) is 0 Å². The molecule has 1 rings (SSSR count). The average Bonchev–Trinajstić information content (AvgIpc) is 2.34. The topological polar surface area (TPSA) is 41.8 Å². The van der Waals surface area contributed by atoms with Crippen molar-refractivity contribution in [1.29, 1.82) is 0 Å². The van der Waals surface area contributed by atoms with E-state index in [0.29, 0.717) is 12.3 Å². The van der Waals surface area contributed by atoms with Crippen LogP contribution in [0.1, 0.15) is 38.7 Å². The fourth-order valence-electron chi connectivity index (χ4n) is 1.48. The van der Waals surface area contributed by atoms with Gasteiger partial charge in [-0.3, -0.25) is 0 Å². The molecular weight excluding hydrogens is 202 g/mol. The molecule has 0 bridgehead atoms. The van der Waals surface area contributed by atoms with E-state index in [1.807, 2.05) is 24.3 Å². The first-order valence-electron chi connectivity index (χ1n) is 5.70. The summed E-state index contributed by atoms with van der Waals surface area (Å²) < 4.78 is 5.67. The molecule has 0 radical (unpaired) electrons. The fourth-order valence-corrected chi connectivity index (χ4v) is 1.48. The Morgan fingerprint density at radius 1 is 1.31 bits per heavy atom. The van der Waals surface area contributed by atoms with Crippen molar-refractivity contribution in [2.45, 2.75) is 33.1 Å². The van der Waals surface area contributed by atoms with Crippen LogP contribution in [0.4, 0.5) is 0 Å². The lowest BCUT2D eigenvalue weighted by atomic mass is 10.1. The second kappa shape index (κ2) is 6.88. The lowest BCUT2D eigenvalue weighted by Crippen LogP contribution is -2.03. The molecule has 1 aromatic rings. The van der Waals surface area contributed by atoms with E-state index in [-0.39, 0.29) is 0 Å². The minimum atomic E-state index is 0.575. The normalized spacial score (nSPS) is 11.5. The Morgan fingerprint density at radius 2 is 2.06 bits per heavy atom. The SMILES string of the molecule is CCCCCOc1ccccc1/C(C)=N/O. The van der Waals surface area contributed by atoms with Crippen LogP contribution in [-0.2, 0) is 0 Å². The summed E-state index contributed by atoms with van der Waals surface area (Å²) in [4.78, 5) is 0. The molecule has 3 heteroatoms. The monoisotopic (exact) mass is 221 g/mol. The van der Waals surface area contributed by atoms with Gasteiger partial charge in [-0.15, -0.1) is 0 Å². The zero-order valence-corrected chi connectivity index (χ0v) is 9.94. The van der Waals surface area contributed by atoms with Gasteiger partial charge in [0.25, 0.3) is 0 Å². The minimum absolute atomic E-state index is 0.575. The molecule has 0 aliphatic heterocycles. The molecule has 88 valence electrons. The first-order valence-corrected chi connectivity index (χ1v) is 5.70. The van der Waals surface area contributed by atoms with Gasteiger partial charge < -0.3 is 9.94 Å². The molecule has 0 heterocycles. The second-order valence-corrected chi connectivity index (χ2v) is 3.74. The van der Waals surface area contributed by atoms with Gasteiger partial charge in [-0.1, -0.05) is 37.1 Å². The standard InChI is InChI=1S/C13H19NO2/c1-3-4-7-10-16-13-9-6-5-8-12(13)11(2)14-15/h5-6,8-9,15H,3-4,7,10H2,1-2H3/b14-11+. The van der Waals surface area contributed by atoms with Gasteiger partial charge in [0.15, 0.2) is 0 Å². The number of hydrogen-bond acceptors (Lipinski definition) is 3. The quantitative estimate of drug-likeness (QED) is 0.346. The van der Waals surface area contributed by atoms with Crippen LogP contribution in [0.2, 0.25) is 0 Å². The summed E-state index contributed by atoms with van der Waals surface area (Å²) in [5.74, 6) is 0.786. The molecule has 0 spiro atoms. The molecule has 0 aromatic heterocycles. The van der Waals surface area contributed by atoms with Gasteiger partial charge in [-0.05, 0) is 25.5 Å². The number of rotatable bonds is 6. The molecule has 0 fully saturated rings. The highest BCUT2D eigenvalue weighted by Crippen LogP contribution is 2.19. The van der Waals surface area contributed by atoms with E-state index in [1.165, 1.54) is 12.8 Å². The molecule has 3 nitrogen and oxygen atoms in total. The van der Waals surface area contributed by atoms with E-state index in [2.05, 4.69) is 12.1 Å². The van der Waals surface area contributed by atoms with Crippen LogP contribution in [0.3, 0.4) is 0 Å². The Balaban J connectivity index is 2.64. The number of unbranched alkanes of at least 4 members (excludes halogenated alkanes) is 2. The van der Waals surface area contributed by atoms with Crippen molar-refractivity contribution in [3.05, 3.63) is 29.8 Å². The zero-order chi connectivity index (χ0) is 11.8. The van der Waals surface area contributed by atoms with Crippen LogP contribution in [0.5, 0.6) is 5.75 Å². The third-order valence-corrected chi connectivity index (χ3v) is 2.43. The predicted octanol–water partition coefficient (Wildman–Crippen LogP) is 3.45.